The van der Waals surface area contributed by atoms with Crippen LogP contribution in [0.3, 0.4) is 0 Å². The van der Waals surface area contributed by atoms with E-state index in [1.165, 1.54) is 54.6 Å². The highest BCUT2D eigenvalue weighted by Crippen LogP contribution is 2.43. The quantitative estimate of drug-likeness (QED) is 0.272. The summed E-state index contributed by atoms with van der Waals surface area (Å²) in [6.45, 7) is 0. The molecule has 0 amide bonds. The molecule has 30 heavy (non-hydrogen) atoms. The lowest BCUT2D eigenvalue weighted by Gasteiger charge is -2.17. The zero-order chi connectivity index (χ0) is 20.2. The molecule has 2 heteroatoms. The molecule has 6 rings (SSSR count). The number of pyridine rings is 2. The van der Waals surface area contributed by atoms with Crippen LogP contribution in [0.1, 0.15) is 0 Å². The fraction of sp³-hybridized carbons (Fsp3) is 0.0714. The number of rotatable bonds is 2. The highest BCUT2D eigenvalue weighted by atomic mass is 14.9. The van der Waals surface area contributed by atoms with Gasteiger partial charge in [0, 0.05) is 24.3 Å². The Morgan fingerprint density at radius 1 is 0.500 bits per heavy atom. The van der Waals surface area contributed by atoms with Gasteiger partial charge in [0.15, 0.2) is 24.8 Å². The number of benzene rings is 4. The third kappa shape index (κ3) is 2.50. The smallest absolute Gasteiger partial charge is 0.169 e. The number of nitrogens with zero attached hydrogens (tertiary/aromatic N) is 2. The van der Waals surface area contributed by atoms with Crippen LogP contribution in [-0.4, -0.2) is 0 Å². The highest BCUT2D eigenvalue weighted by molar-refractivity contribution is 6.28. The van der Waals surface area contributed by atoms with E-state index in [4.69, 9.17) is 0 Å². The van der Waals surface area contributed by atoms with Crippen molar-refractivity contribution in [3.63, 3.8) is 0 Å². The van der Waals surface area contributed by atoms with Crippen LogP contribution < -0.4 is 9.13 Å². The Hall–Kier alpha value is -3.78. The second-order valence-corrected chi connectivity index (χ2v) is 8.16. The summed E-state index contributed by atoms with van der Waals surface area (Å²) < 4.78 is 4.16. The van der Waals surface area contributed by atoms with Gasteiger partial charge in [-0.05, 0) is 60.6 Å². The topological polar surface area (TPSA) is 7.76 Å². The molecule has 0 bridgehead atoms. The molecule has 0 aliphatic heterocycles. The molecule has 2 aromatic heterocycles. The first-order valence-corrected chi connectivity index (χ1v) is 10.3. The molecule has 0 aliphatic carbocycles. The highest BCUT2D eigenvalue weighted by Gasteiger charge is 2.16. The zero-order valence-electron chi connectivity index (χ0n) is 17.1. The van der Waals surface area contributed by atoms with E-state index < -0.39 is 0 Å². The van der Waals surface area contributed by atoms with Crippen LogP contribution in [0.25, 0.3) is 54.6 Å². The van der Waals surface area contributed by atoms with Crippen molar-refractivity contribution in [2.24, 2.45) is 14.1 Å². The Kier molecular flexibility index (Phi) is 3.63. The normalized spacial score (nSPS) is 11.7. The van der Waals surface area contributed by atoms with Crippen molar-refractivity contribution < 1.29 is 9.13 Å². The maximum Gasteiger partial charge on any atom is 0.169 e. The third-order valence-electron chi connectivity index (χ3n) is 6.22. The number of hydrogen-bond acceptors (Lipinski definition) is 0. The summed E-state index contributed by atoms with van der Waals surface area (Å²) in [4.78, 5) is 0. The molecule has 0 atom stereocenters. The molecule has 0 saturated carbocycles. The predicted octanol–water partition coefficient (Wildman–Crippen LogP) is 5.57. The van der Waals surface area contributed by atoms with Crippen LogP contribution in [0, 0.1) is 0 Å². The van der Waals surface area contributed by atoms with Gasteiger partial charge in [0.25, 0.3) is 0 Å². The van der Waals surface area contributed by atoms with Gasteiger partial charge < -0.3 is 0 Å². The van der Waals surface area contributed by atoms with Crippen LogP contribution in [0.15, 0.2) is 97.6 Å². The number of aryl methyl sites for hydroxylation is 2. The summed E-state index contributed by atoms with van der Waals surface area (Å²) in [6, 6.07) is 26.9. The van der Waals surface area contributed by atoms with E-state index in [-0.39, 0.29) is 0 Å². The predicted molar refractivity (Wildman–Crippen MR) is 123 cm³/mol. The summed E-state index contributed by atoms with van der Waals surface area (Å²) in [7, 11) is 4.11. The standard InChI is InChI=1S/C28H22N2/c1-29-14-10-19(11-15-29)23-8-9-25-26(20-12-16-30(2)17-13-20)18-22-5-3-4-21-6-7-24(23)28(25)27(21)22/h3-18H,1-2H3/q+2. The minimum absolute atomic E-state index is 1.25. The summed E-state index contributed by atoms with van der Waals surface area (Å²) in [5.74, 6) is 0. The molecular formula is C28H22N2+2. The minimum Gasteiger partial charge on any atom is -0.208 e. The summed E-state index contributed by atoms with van der Waals surface area (Å²) in [5, 5.41) is 7.94. The van der Waals surface area contributed by atoms with Crippen LogP contribution in [0.4, 0.5) is 0 Å². The van der Waals surface area contributed by atoms with Crippen molar-refractivity contribution in [1.82, 2.24) is 0 Å². The fourth-order valence-electron chi connectivity index (χ4n) is 4.68. The Morgan fingerprint density at radius 3 is 1.77 bits per heavy atom. The van der Waals surface area contributed by atoms with Gasteiger partial charge in [-0.2, -0.15) is 0 Å². The maximum absolute atomic E-state index is 2.35. The molecule has 0 aliphatic rings. The van der Waals surface area contributed by atoms with E-state index in [1.54, 1.807) is 0 Å². The molecule has 0 unspecified atom stereocenters. The number of hydrogen-bond donors (Lipinski definition) is 0. The molecule has 0 saturated heterocycles. The van der Waals surface area contributed by atoms with Gasteiger partial charge in [-0.1, -0.05) is 42.5 Å². The van der Waals surface area contributed by atoms with Gasteiger partial charge in [-0.25, -0.2) is 9.13 Å². The molecule has 6 aromatic rings. The van der Waals surface area contributed by atoms with Crippen molar-refractivity contribution in [2.45, 2.75) is 0 Å². The van der Waals surface area contributed by atoms with E-state index in [9.17, 15) is 0 Å². The van der Waals surface area contributed by atoms with Crippen molar-refractivity contribution in [3.8, 4) is 22.3 Å². The number of aromatic nitrogens is 2. The SMILES string of the molecule is C[n+]1ccc(-c2ccc3c(-c4cc[n+](C)cc4)cc4cccc5ccc2c3c54)cc1. The second kappa shape index (κ2) is 6.36. The van der Waals surface area contributed by atoms with Gasteiger partial charge in [-0.3, -0.25) is 0 Å². The Morgan fingerprint density at radius 2 is 1.07 bits per heavy atom. The van der Waals surface area contributed by atoms with E-state index in [2.05, 4.69) is 121 Å². The van der Waals surface area contributed by atoms with Gasteiger partial charge in [0.1, 0.15) is 14.1 Å². The van der Waals surface area contributed by atoms with Crippen molar-refractivity contribution >= 4 is 32.3 Å². The van der Waals surface area contributed by atoms with Gasteiger partial charge in [0.05, 0.1) is 0 Å². The summed E-state index contributed by atoms with van der Waals surface area (Å²) in [5.41, 5.74) is 5.07. The molecule has 0 radical (unpaired) electrons. The molecule has 4 aromatic carbocycles. The molecule has 2 heterocycles. The average molecular weight is 386 g/mol. The van der Waals surface area contributed by atoms with Crippen LogP contribution in [0.2, 0.25) is 0 Å². The maximum atomic E-state index is 2.35. The third-order valence-corrected chi connectivity index (χ3v) is 6.22. The van der Waals surface area contributed by atoms with Crippen LogP contribution in [-0.2, 0) is 14.1 Å². The lowest BCUT2D eigenvalue weighted by Crippen LogP contribution is -2.25. The first kappa shape index (κ1) is 17.1. The lowest BCUT2D eigenvalue weighted by molar-refractivity contribution is -0.671. The van der Waals surface area contributed by atoms with E-state index >= 15 is 0 Å². The first-order valence-electron chi connectivity index (χ1n) is 10.3. The molecular weight excluding hydrogens is 364 g/mol. The van der Waals surface area contributed by atoms with E-state index in [0.717, 1.165) is 0 Å². The molecule has 142 valence electrons. The van der Waals surface area contributed by atoms with E-state index in [1.807, 2.05) is 0 Å². The van der Waals surface area contributed by atoms with E-state index in [0.29, 0.717) is 0 Å². The van der Waals surface area contributed by atoms with Gasteiger partial charge in [-0.15, -0.1) is 0 Å². The van der Waals surface area contributed by atoms with Crippen molar-refractivity contribution in [3.05, 3.63) is 97.6 Å². The lowest BCUT2D eigenvalue weighted by atomic mass is 9.86. The van der Waals surface area contributed by atoms with Crippen LogP contribution in [0.5, 0.6) is 0 Å². The van der Waals surface area contributed by atoms with Crippen molar-refractivity contribution in [1.29, 1.82) is 0 Å². The monoisotopic (exact) mass is 386 g/mol. The Balaban J connectivity index is 1.76. The average Bonchev–Trinajstić information content (AvgIpc) is 2.78. The molecule has 0 spiro atoms. The summed E-state index contributed by atoms with van der Waals surface area (Å²) >= 11 is 0. The molecule has 2 nitrogen and oxygen atoms in total. The van der Waals surface area contributed by atoms with Crippen LogP contribution >= 0.6 is 0 Å². The largest absolute Gasteiger partial charge is 0.208 e. The Bertz CT molecular complexity index is 1520. The second-order valence-electron chi connectivity index (χ2n) is 8.16. The zero-order valence-corrected chi connectivity index (χ0v) is 17.1. The van der Waals surface area contributed by atoms with Crippen molar-refractivity contribution in [2.75, 3.05) is 0 Å². The molecule has 0 N–H and O–H groups in total. The molecule has 0 fully saturated rings. The summed E-state index contributed by atoms with van der Waals surface area (Å²) in [6.07, 6.45) is 8.46. The van der Waals surface area contributed by atoms with Gasteiger partial charge in [0.2, 0.25) is 0 Å². The van der Waals surface area contributed by atoms with Gasteiger partial charge >= 0.3 is 0 Å². The first-order chi connectivity index (χ1) is 14.7. The fourth-order valence-corrected chi connectivity index (χ4v) is 4.68. The Labute approximate surface area is 175 Å². The minimum atomic E-state index is 1.25.